The van der Waals surface area contributed by atoms with Gasteiger partial charge in [-0.2, -0.15) is 0 Å². The summed E-state index contributed by atoms with van der Waals surface area (Å²) in [4.78, 5) is 14.0. The molecule has 0 spiro atoms. The number of rotatable bonds is 7. The fourth-order valence-electron chi connectivity index (χ4n) is 2.31. The Morgan fingerprint density at radius 1 is 1.30 bits per heavy atom. The van der Waals surface area contributed by atoms with E-state index >= 15 is 0 Å². The van der Waals surface area contributed by atoms with Crippen LogP contribution in [0.4, 0.5) is 0 Å². The summed E-state index contributed by atoms with van der Waals surface area (Å²) in [5, 5.41) is 3.45. The molecule has 1 amide bonds. The van der Waals surface area contributed by atoms with Gasteiger partial charge in [0, 0.05) is 6.54 Å². The molecule has 1 aliphatic rings. The number of thiocarbonyl (C=S) groups is 1. The first-order valence-electron chi connectivity index (χ1n) is 7.76. The summed E-state index contributed by atoms with van der Waals surface area (Å²) in [6.07, 6.45) is 3.72. The van der Waals surface area contributed by atoms with Crippen molar-refractivity contribution in [1.29, 1.82) is 0 Å². The average Bonchev–Trinajstić information content (AvgIpc) is 2.81. The number of nitrogens with one attached hydrogen (secondary N) is 1. The summed E-state index contributed by atoms with van der Waals surface area (Å²) >= 11 is 5.24. The van der Waals surface area contributed by atoms with Crippen molar-refractivity contribution in [3.63, 3.8) is 0 Å². The van der Waals surface area contributed by atoms with Gasteiger partial charge in [0.15, 0.2) is 16.6 Å². The highest BCUT2D eigenvalue weighted by Gasteiger charge is 2.29. The van der Waals surface area contributed by atoms with Gasteiger partial charge < -0.3 is 14.8 Å². The number of methoxy groups -OCH3 is 1. The molecule has 2 rings (SSSR count). The normalized spacial score (nSPS) is 16.0. The van der Waals surface area contributed by atoms with Crippen molar-refractivity contribution in [3.05, 3.63) is 29.5 Å². The second kappa shape index (κ2) is 7.97. The van der Waals surface area contributed by atoms with Crippen LogP contribution in [0.25, 0.3) is 6.08 Å². The van der Waals surface area contributed by atoms with E-state index < -0.39 is 0 Å². The third kappa shape index (κ3) is 4.01. The monoisotopic (exact) mass is 334 g/mol. The lowest BCUT2D eigenvalue weighted by Gasteiger charge is -2.12. The fourth-order valence-corrected chi connectivity index (χ4v) is 2.59. The van der Waals surface area contributed by atoms with Gasteiger partial charge >= 0.3 is 0 Å². The molecule has 1 saturated heterocycles. The Kier molecular flexibility index (Phi) is 5.98. The molecule has 1 aromatic carbocycles. The molecule has 0 aliphatic carbocycles. The van der Waals surface area contributed by atoms with Gasteiger partial charge in [-0.15, -0.1) is 0 Å². The van der Waals surface area contributed by atoms with E-state index in [9.17, 15) is 4.79 Å². The van der Waals surface area contributed by atoms with Crippen molar-refractivity contribution in [1.82, 2.24) is 10.2 Å². The van der Waals surface area contributed by atoms with Gasteiger partial charge in [-0.1, -0.05) is 19.4 Å². The van der Waals surface area contributed by atoms with E-state index in [0.717, 1.165) is 18.4 Å². The second-order valence-electron chi connectivity index (χ2n) is 5.14. The van der Waals surface area contributed by atoms with Crippen molar-refractivity contribution in [2.24, 2.45) is 0 Å². The van der Waals surface area contributed by atoms with E-state index in [1.165, 1.54) is 0 Å². The molecule has 1 N–H and O–H groups in total. The van der Waals surface area contributed by atoms with Crippen LogP contribution in [0.3, 0.4) is 0 Å². The van der Waals surface area contributed by atoms with Crippen LogP contribution in [-0.4, -0.2) is 36.2 Å². The number of amides is 1. The minimum Gasteiger partial charge on any atom is -0.493 e. The zero-order chi connectivity index (χ0) is 16.8. The Hall–Kier alpha value is -2.08. The summed E-state index contributed by atoms with van der Waals surface area (Å²) in [5.74, 6) is 1.23. The molecule has 0 bridgehead atoms. The quantitative estimate of drug-likeness (QED) is 0.614. The highest BCUT2D eigenvalue weighted by molar-refractivity contribution is 7.80. The third-order valence-corrected chi connectivity index (χ3v) is 3.82. The molecule has 0 aromatic heterocycles. The van der Waals surface area contributed by atoms with Crippen molar-refractivity contribution >= 4 is 29.3 Å². The molecule has 1 fully saturated rings. The minimum atomic E-state index is -0.0868. The molecule has 23 heavy (non-hydrogen) atoms. The number of carbonyl (C=O) groups is 1. The van der Waals surface area contributed by atoms with E-state index in [-0.39, 0.29) is 5.91 Å². The van der Waals surface area contributed by atoms with E-state index in [4.69, 9.17) is 21.7 Å². The lowest BCUT2D eigenvalue weighted by molar-refractivity contribution is -0.122. The summed E-state index contributed by atoms with van der Waals surface area (Å²) in [7, 11) is 1.59. The predicted molar refractivity (Wildman–Crippen MR) is 94.5 cm³/mol. The lowest BCUT2D eigenvalue weighted by atomic mass is 10.1. The molecule has 5 nitrogen and oxygen atoms in total. The molecule has 0 unspecified atom stereocenters. The van der Waals surface area contributed by atoms with Crippen LogP contribution in [0, 0.1) is 0 Å². The van der Waals surface area contributed by atoms with E-state index in [2.05, 4.69) is 12.2 Å². The van der Waals surface area contributed by atoms with Gasteiger partial charge in [0.05, 0.1) is 13.7 Å². The van der Waals surface area contributed by atoms with Crippen LogP contribution in [0.15, 0.2) is 23.9 Å². The maximum absolute atomic E-state index is 12.4. The first kappa shape index (κ1) is 17.3. The number of carbonyl (C=O) groups excluding carboxylic acids is 1. The number of hydrogen-bond acceptors (Lipinski definition) is 4. The molecular weight excluding hydrogens is 312 g/mol. The van der Waals surface area contributed by atoms with Gasteiger partial charge in [-0.05, 0) is 49.3 Å². The molecule has 0 radical (unpaired) electrons. The summed E-state index contributed by atoms with van der Waals surface area (Å²) in [5.41, 5.74) is 1.33. The van der Waals surface area contributed by atoms with E-state index in [1.807, 2.05) is 25.1 Å². The number of unbranched alkanes of at least 4 members (excludes halogenated alkanes) is 1. The SMILES string of the molecule is CCCCN1C(=O)C(=Cc2ccc(OCC)c(OC)c2)NC1=S. The first-order chi connectivity index (χ1) is 11.1. The van der Waals surface area contributed by atoms with Crippen molar-refractivity contribution in [2.75, 3.05) is 20.3 Å². The summed E-state index contributed by atoms with van der Waals surface area (Å²) in [6, 6.07) is 5.55. The molecular formula is C17H22N2O3S. The van der Waals surface area contributed by atoms with E-state index in [1.54, 1.807) is 18.1 Å². The Balaban J connectivity index is 2.21. The Morgan fingerprint density at radius 2 is 2.09 bits per heavy atom. The van der Waals surface area contributed by atoms with Crippen LogP contribution >= 0.6 is 12.2 Å². The number of benzene rings is 1. The van der Waals surface area contributed by atoms with Gasteiger partial charge in [0.1, 0.15) is 5.70 Å². The highest BCUT2D eigenvalue weighted by atomic mass is 32.1. The predicted octanol–water partition coefficient (Wildman–Crippen LogP) is 2.95. The molecule has 6 heteroatoms. The fraction of sp³-hybridized carbons (Fsp3) is 0.412. The maximum Gasteiger partial charge on any atom is 0.276 e. The molecule has 124 valence electrons. The standard InChI is InChI=1S/C17H22N2O3S/c1-4-6-9-19-16(20)13(18-17(19)23)10-12-7-8-14(22-5-2)15(11-12)21-3/h7-8,10-11H,4-6,9H2,1-3H3,(H,18,23). The van der Waals surface area contributed by atoms with Gasteiger partial charge in [0.2, 0.25) is 0 Å². The zero-order valence-corrected chi connectivity index (χ0v) is 14.5. The van der Waals surface area contributed by atoms with Gasteiger partial charge in [-0.3, -0.25) is 9.69 Å². The van der Waals surface area contributed by atoms with Crippen LogP contribution in [-0.2, 0) is 4.79 Å². The van der Waals surface area contributed by atoms with Crippen LogP contribution in [0.5, 0.6) is 11.5 Å². The maximum atomic E-state index is 12.4. The minimum absolute atomic E-state index is 0.0868. The average molecular weight is 334 g/mol. The van der Waals surface area contributed by atoms with Crippen LogP contribution in [0.2, 0.25) is 0 Å². The Bertz CT molecular complexity index is 628. The number of hydrogen-bond donors (Lipinski definition) is 1. The summed E-state index contributed by atoms with van der Waals surface area (Å²) < 4.78 is 10.8. The third-order valence-electron chi connectivity index (χ3n) is 3.50. The smallest absolute Gasteiger partial charge is 0.276 e. The second-order valence-corrected chi connectivity index (χ2v) is 5.53. The van der Waals surface area contributed by atoms with Crippen molar-refractivity contribution in [3.8, 4) is 11.5 Å². The molecule has 1 aliphatic heterocycles. The lowest BCUT2D eigenvalue weighted by Crippen LogP contribution is -2.31. The van der Waals surface area contributed by atoms with Gasteiger partial charge in [-0.25, -0.2) is 0 Å². The molecule has 0 atom stereocenters. The van der Waals surface area contributed by atoms with Crippen molar-refractivity contribution in [2.45, 2.75) is 26.7 Å². The topological polar surface area (TPSA) is 50.8 Å². The zero-order valence-electron chi connectivity index (χ0n) is 13.7. The largest absolute Gasteiger partial charge is 0.493 e. The molecule has 1 aromatic rings. The number of nitrogens with zero attached hydrogens (tertiary/aromatic N) is 1. The highest BCUT2D eigenvalue weighted by Crippen LogP contribution is 2.29. The first-order valence-corrected chi connectivity index (χ1v) is 8.16. The molecule has 1 heterocycles. The molecule has 0 saturated carbocycles. The van der Waals surface area contributed by atoms with Gasteiger partial charge in [0.25, 0.3) is 5.91 Å². The van der Waals surface area contributed by atoms with E-state index in [0.29, 0.717) is 35.5 Å². The Morgan fingerprint density at radius 3 is 2.74 bits per heavy atom. The van der Waals surface area contributed by atoms with Crippen LogP contribution in [0.1, 0.15) is 32.3 Å². The Labute approximate surface area is 142 Å². The number of ether oxygens (including phenoxy) is 2. The van der Waals surface area contributed by atoms with Crippen molar-refractivity contribution < 1.29 is 14.3 Å². The van der Waals surface area contributed by atoms with Crippen LogP contribution < -0.4 is 14.8 Å². The summed E-state index contributed by atoms with van der Waals surface area (Å²) in [6.45, 7) is 5.21.